The van der Waals surface area contributed by atoms with Crippen LogP contribution in [0.15, 0.2) is 53.9 Å². The van der Waals surface area contributed by atoms with Gasteiger partial charge in [-0.05, 0) is 31.5 Å². The number of hydrogen-bond donors (Lipinski definition) is 1. The Morgan fingerprint density at radius 3 is 2.59 bits per heavy atom. The van der Waals surface area contributed by atoms with Gasteiger partial charge in [-0.3, -0.25) is 14.9 Å². The lowest BCUT2D eigenvalue weighted by Crippen LogP contribution is -2.17. The molecule has 1 N–H and O–H groups in total. The quantitative estimate of drug-likeness (QED) is 0.270. The van der Waals surface area contributed by atoms with Crippen molar-refractivity contribution in [3.8, 4) is 16.9 Å². The molecular weight excluding hydrogens is 432 g/mol. The molecule has 0 fully saturated rings. The summed E-state index contributed by atoms with van der Waals surface area (Å²) in [7, 11) is 0. The highest BCUT2D eigenvalue weighted by Crippen LogP contribution is 2.37. The van der Waals surface area contributed by atoms with Gasteiger partial charge in [-0.2, -0.15) is 0 Å². The lowest BCUT2D eigenvalue weighted by atomic mass is 10.0. The van der Waals surface area contributed by atoms with Crippen LogP contribution in [0.5, 0.6) is 5.75 Å². The smallest absolute Gasteiger partial charge is 0.341 e. The molecule has 32 heavy (non-hydrogen) atoms. The third kappa shape index (κ3) is 5.70. The standard InChI is InChI=1S/C23H22N2O6S/c1-3-30-23(27)21-19(16-5-4-6-17(13-16)25(28)29)14-32-22(21)24-20(26)11-12-31-18-9-7-15(2)8-10-18/h4-10,13-14H,3,11-12H2,1-2H3,(H,24,26). The topological polar surface area (TPSA) is 108 Å². The summed E-state index contributed by atoms with van der Waals surface area (Å²) in [6, 6.07) is 13.5. The first-order valence-electron chi connectivity index (χ1n) is 9.91. The van der Waals surface area contributed by atoms with Crippen LogP contribution >= 0.6 is 11.3 Å². The zero-order chi connectivity index (χ0) is 23.1. The molecule has 2 aromatic carbocycles. The molecule has 0 unspecified atom stereocenters. The van der Waals surface area contributed by atoms with Crippen molar-refractivity contribution in [1.29, 1.82) is 0 Å². The van der Waals surface area contributed by atoms with E-state index in [-0.39, 0.29) is 36.8 Å². The summed E-state index contributed by atoms with van der Waals surface area (Å²) < 4.78 is 10.7. The Bertz CT molecular complexity index is 1120. The maximum Gasteiger partial charge on any atom is 0.341 e. The molecule has 9 heteroatoms. The largest absolute Gasteiger partial charge is 0.493 e. The molecule has 0 bridgehead atoms. The lowest BCUT2D eigenvalue weighted by molar-refractivity contribution is -0.384. The molecule has 1 aromatic heterocycles. The lowest BCUT2D eigenvalue weighted by Gasteiger charge is -2.09. The Kier molecular flexibility index (Phi) is 7.56. The minimum Gasteiger partial charge on any atom is -0.493 e. The second kappa shape index (κ2) is 10.5. The first kappa shape index (κ1) is 23.0. The number of rotatable bonds is 9. The van der Waals surface area contributed by atoms with Gasteiger partial charge in [0.05, 0.1) is 24.6 Å². The van der Waals surface area contributed by atoms with Crippen molar-refractivity contribution in [2.45, 2.75) is 20.3 Å². The molecule has 0 radical (unpaired) electrons. The fourth-order valence-corrected chi connectivity index (χ4v) is 3.91. The fraction of sp³-hybridized carbons (Fsp3) is 0.217. The molecule has 3 aromatic rings. The van der Waals surface area contributed by atoms with E-state index >= 15 is 0 Å². The summed E-state index contributed by atoms with van der Waals surface area (Å²) in [6.07, 6.45) is 0.0835. The number of amides is 1. The molecule has 1 heterocycles. The van der Waals surface area contributed by atoms with Crippen molar-refractivity contribution < 1.29 is 24.0 Å². The Morgan fingerprint density at radius 1 is 1.16 bits per heavy atom. The van der Waals surface area contributed by atoms with Gasteiger partial charge in [0.2, 0.25) is 5.91 Å². The summed E-state index contributed by atoms with van der Waals surface area (Å²) in [5.74, 6) is -0.267. The molecule has 0 atom stereocenters. The van der Waals surface area contributed by atoms with Gasteiger partial charge in [0.25, 0.3) is 5.69 Å². The number of nitro benzene ring substituents is 1. The van der Waals surface area contributed by atoms with Crippen LogP contribution in [0.4, 0.5) is 10.7 Å². The van der Waals surface area contributed by atoms with E-state index in [0.717, 1.165) is 16.9 Å². The van der Waals surface area contributed by atoms with Crippen LogP contribution in [0, 0.1) is 17.0 Å². The van der Waals surface area contributed by atoms with Gasteiger partial charge >= 0.3 is 5.97 Å². The Balaban J connectivity index is 1.76. The first-order valence-corrected chi connectivity index (χ1v) is 10.8. The second-order valence-corrected chi connectivity index (χ2v) is 7.72. The van der Waals surface area contributed by atoms with Crippen molar-refractivity contribution >= 4 is 33.9 Å². The van der Waals surface area contributed by atoms with E-state index in [1.807, 2.05) is 31.2 Å². The third-order valence-corrected chi connectivity index (χ3v) is 5.41. The molecule has 3 rings (SSSR count). The number of aryl methyl sites for hydroxylation is 1. The van der Waals surface area contributed by atoms with Crippen LogP contribution in [0.2, 0.25) is 0 Å². The van der Waals surface area contributed by atoms with Gasteiger partial charge < -0.3 is 14.8 Å². The summed E-state index contributed by atoms with van der Waals surface area (Å²) in [6.45, 7) is 3.98. The van der Waals surface area contributed by atoms with Gasteiger partial charge in [0, 0.05) is 23.1 Å². The van der Waals surface area contributed by atoms with Crippen molar-refractivity contribution in [2.24, 2.45) is 0 Å². The molecule has 166 valence electrons. The van der Waals surface area contributed by atoms with E-state index in [1.54, 1.807) is 24.4 Å². The molecule has 0 spiro atoms. The number of benzene rings is 2. The molecule has 0 aliphatic carbocycles. The monoisotopic (exact) mass is 454 g/mol. The number of hydrogen-bond acceptors (Lipinski definition) is 7. The van der Waals surface area contributed by atoms with Crippen LogP contribution in [0.1, 0.15) is 29.3 Å². The third-order valence-electron chi connectivity index (χ3n) is 4.51. The van der Waals surface area contributed by atoms with Gasteiger partial charge in [-0.1, -0.05) is 29.8 Å². The SMILES string of the molecule is CCOC(=O)c1c(-c2cccc([N+](=O)[O-])c2)csc1NC(=O)CCOc1ccc(C)cc1. The highest BCUT2D eigenvalue weighted by atomic mass is 32.1. The maximum atomic E-state index is 12.6. The molecular formula is C23H22N2O6S. The summed E-state index contributed by atoms with van der Waals surface area (Å²) >= 11 is 1.16. The molecule has 0 aliphatic heterocycles. The van der Waals surface area contributed by atoms with Gasteiger partial charge in [-0.25, -0.2) is 4.79 Å². The predicted molar refractivity (Wildman–Crippen MR) is 122 cm³/mol. The average molecular weight is 455 g/mol. The molecule has 0 saturated carbocycles. The summed E-state index contributed by atoms with van der Waals surface area (Å²) in [5, 5.41) is 15.9. The van der Waals surface area contributed by atoms with Crippen molar-refractivity contribution in [3.63, 3.8) is 0 Å². The Labute approximate surface area is 188 Å². The first-order chi connectivity index (χ1) is 15.4. The maximum absolute atomic E-state index is 12.6. The van der Waals surface area contributed by atoms with Crippen molar-refractivity contribution in [2.75, 3.05) is 18.5 Å². The number of non-ortho nitro benzene ring substituents is 1. The second-order valence-electron chi connectivity index (χ2n) is 6.84. The van der Waals surface area contributed by atoms with E-state index in [0.29, 0.717) is 21.9 Å². The van der Waals surface area contributed by atoms with E-state index in [2.05, 4.69) is 5.32 Å². The number of nitrogens with zero attached hydrogens (tertiary/aromatic N) is 1. The number of nitro groups is 1. The summed E-state index contributed by atoms with van der Waals surface area (Å²) in [5.41, 5.74) is 2.14. The number of carbonyl (C=O) groups is 2. The molecule has 0 aliphatic rings. The molecule has 8 nitrogen and oxygen atoms in total. The molecule has 0 saturated heterocycles. The zero-order valence-corrected chi connectivity index (χ0v) is 18.4. The average Bonchev–Trinajstić information content (AvgIpc) is 3.19. The van der Waals surface area contributed by atoms with Crippen LogP contribution in [0.3, 0.4) is 0 Å². The number of esters is 1. The normalized spacial score (nSPS) is 10.4. The van der Waals surface area contributed by atoms with E-state index in [4.69, 9.17) is 9.47 Å². The highest BCUT2D eigenvalue weighted by molar-refractivity contribution is 7.15. The van der Waals surface area contributed by atoms with Crippen LogP contribution < -0.4 is 10.1 Å². The van der Waals surface area contributed by atoms with Crippen LogP contribution in [-0.2, 0) is 9.53 Å². The van der Waals surface area contributed by atoms with Gasteiger partial charge in [-0.15, -0.1) is 11.3 Å². The number of thiophene rings is 1. The van der Waals surface area contributed by atoms with E-state index in [9.17, 15) is 19.7 Å². The predicted octanol–water partition coefficient (Wildman–Crippen LogP) is 5.22. The van der Waals surface area contributed by atoms with Crippen molar-refractivity contribution in [1.82, 2.24) is 0 Å². The zero-order valence-electron chi connectivity index (χ0n) is 17.6. The van der Waals surface area contributed by atoms with Gasteiger partial charge in [0.1, 0.15) is 16.3 Å². The number of nitrogens with one attached hydrogen (secondary N) is 1. The van der Waals surface area contributed by atoms with E-state index < -0.39 is 10.9 Å². The number of carbonyl (C=O) groups excluding carboxylic acids is 2. The Hall–Kier alpha value is -3.72. The summed E-state index contributed by atoms with van der Waals surface area (Å²) in [4.78, 5) is 35.7. The minimum atomic E-state index is -0.610. The van der Waals surface area contributed by atoms with E-state index in [1.165, 1.54) is 12.1 Å². The minimum absolute atomic E-state index is 0.0835. The fourth-order valence-electron chi connectivity index (χ4n) is 2.94. The molecule has 1 amide bonds. The highest BCUT2D eigenvalue weighted by Gasteiger charge is 2.23. The Morgan fingerprint density at radius 2 is 1.91 bits per heavy atom. The van der Waals surface area contributed by atoms with Crippen LogP contribution in [-0.4, -0.2) is 30.0 Å². The number of anilines is 1. The van der Waals surface area contributed by atoms with Crippen LogP contribution in [0.25, 0.3) is 11.1 Å². The number of ether oxygens (including phenoxy) is 2. The van der Waals surface area contributed by atoms with Crippen molar-refractivity contribution in [3.05, 3.63) is 75.2 Å². The van der Waals surface area contributed by atoms with Gasteiger partial charge in [0.15, 0.2) is 0 Å².